The number of rotatable bonds is 4. The maximum atomic E-state index is 12.0. The summed E-state index contributed by atoms with van der Waals surface area (Å²) in [5.74, 6) is -1.06. The van der Waals surface area contributed by atoms with Gasteiger partial charge >= 0.3 is 12.0 Å². The average molecular weight is 392 g/mol. The predicted octanol–water partition coefficient (Wildman–Crippen LogP) is 2.14. The van der Waals surface area contributed by atoms with Crippen molar-refractivity contribution in [3.8, 4) is 0 Å². The summed E-state index contributed by atoms with van der Waals surface area (Å²) in [5.41, 5.74) is 0.940. The minimum atomic E-state index is -1.06. The molecule has 1 fully saturated rings. The van der Waals surface area contributed by atoms with E-state index in [0.29, 0.717) is 24.5 Å². The predicted molar refractivity (Wildman–Crippen MR) is 85.2 cm³/mol. The summed E-state index contributed by atoms with van der Waals surface area (Å²) in [6.45, 7) is 1.09. The van der Waals surface area contributed by atoms with Gasteiger partial charge in [0.25, 0.3) is 0 Å². The zero-order valence-corrected chi connectivity index (χ0v) is 14.1. The number of nitrogens with zero attached hydrogens (tertiary/aromatic N) is 1. The van der Waals surface area contributed by atoms with Crippen LogP contribution in [0.25, 0.3) is 0 Å². The van der Waals surface area contributed by atoms with Gasteiger partial charge in [-0.25, -0.2) is 9.59 Å². The van der Waals surface area contributed by atoms with Gasteiger partial charge in [0, 0.05) is 22.6 Å². The monoisotopic (exact) mass is 390 g/mol. The molecule has 1 aliphatic heterocycles. The van der Waals surface area contributed by atoms with Gasteiger partial charge in [-0.3, -0.25) is 0 Å². The molecule has 0 radical (unpaired) electrons. The Morgan fingerprint density at radius 2 is 2.27 bits per heavy atom. The number of hydrogen-bond donors (Lipinski definition) is 2. The van der Waals surface area contributed by atoms with Gasteiger partial charge in [0.2, 0.25) is 0 Å². The van der Waals surface area contributed by atoms with Crippen LogP contribution in [-0.4, -0.2) is 54.4 Å². The fourth-order valence-electron chi connectivity index (χ4n) is 2.12. The number of morpholine rings is 1. The molecule has 2 rings (SSSR count). The second kappa shape index (κ2) is 7.80. The molecule has 1 saturated heterocycles. The smallest absolute Gasteiger partial charge is 0.334 e. The van der Waals surface area contributed by atoms with E-state index in [1.807, 2.05) is 12.1 Å². The van der Waals surface area contributed by atoms with Crippen molar-refractivity contribution in [1.82, 2.24) is 10.2 Å². The van der Waals surface area contributed by atoms with Gasteiger partial charge in [0.15, 0.2) is 6.10 Å². The Morgan fingerprint density at radius 1 is 1.50 bits per heavy atom. The molecule has 0 aliphatic carbocycles. The summed E-state index contributed by atoms with van der Waals surface area (Å²) in [7, 11) is 0. The highest BCUT2D eigenvalue weighted by Crippen LogP contribution is 2.21. The largest absolute Gasteiger partial charge is 0.479 e. The number of ether oxygens (including phenoxy) is 1. The van der Waals surface area contributed by atoms with Crippen molar-refractivity contribution in [3.05, 3.63) is 33.3 Å². The molecule has 1 atom stereocenters. The number of carboxylic acid groups (broad SMARTS) is 1. The molecular weight excluding hydrogens is 376 g/mol. The number of aliphatic carboxylic acids is 1. The highest BCUT2D eigenvalue weighted by molar-refractivity contribution is 9.10. The standard InChI is InChI=1S/C14H16BrClN2O4/c15-10-2-1-9(11(16)7-10)3-4-17-14(21)18-5-6-22-12(8-18)13(19)20/h1-2,7,12H,3-6,8H2,(H,17,21)(H,19,20). The number of benzene rings is 1. The van der Waals surface area contributed by atoms with Crippen LogP contribution in [0.5, 0.6) is 0 Å². The molecular formula is C14H16BrClN2O4. The van der Waals surface area contributed by atoms with Gasteiger partial charge in [0.05, 0.1) is 13.2 Å². The van der Waals surface area contributed by atoms with Gasteiger partial charge in [-0.05, 0) is 24.1 Å². The second-order valence-corrected chi connectivity index (χ2v) is 6.18. The van der Waals surface area contributed by atoms with Crippen LogP contribution in [-0.2, 0) is 16.0 Å². The molecule has 1 aromatic carbocycles. The zero-order chi connectivity index (χ0) is 16.1. The molecule has 1 unspecified atom stereocenters. The first-order chi connectivity index (χ1) is 10.5. The fraction of sp³-hybridized carbons (Fsp3) is 0.429. The SMILES string of the molecule is O=C(O)C1CN(C(=O)NCCc2ccc(Br)cc2Cl)CCO1. The van der Waals surface area contributed by atoms with Gasteiger partial charge in [-0.15, -0.1) is 0 Å². The number of amides is 2. The Morgan fingerprint density at radius 3 is 2.95 bits per heavy atom. The molecule has 6 nitrogen and oxygen atoms in total. The van der Waals surface area contributed by atoms with E-state index in [2.05, 4.69) is 21.2 Å². The summed E-state index contributed by atoms with van der Waals surface area (Å²) in [4.78, 5) is 24.4. The number of nitrogens with one attached hydrogen (secondary N) is 1. The zero-order valence-electron chi connectivity index (χ0n) is 11.7. The van der Waals surface area contributed by atoms with E-state index in [1.165, 1.54) is 4.90 Å². The Balaban J connectivity index is 1.81. The van der Waals surface area contributed by atoms with E-state index >= 15 is 0 Å². The van der Waals surface area contributed by atoms with Gasteiger partial charge < -0.3 is 20.1 Å². The van der Waals surface area contributed by atoms with E-state index in [9.17, 15) is 9.59 Å². The van der Waals surface area contributed by atoms with Crippen molar-refractivity contribution in [2.75, 3.05) is 26.2 Å². The van der Waals surface area contributed by atoms with Gasteiger partial charge in [0.1, 0.15) is 0 Å². The number of carboxylic acids is 1. The molecule has 22 heavy (non-hydrogen) atoms. The van der Waals surface area contributed by atoms with E-state index in [-0.39, 0.29) is 19.2 Å². The number of carbonyl (C=O) groups is 2. The van der Waals surface area contributed by atoms with Crippen LogP contribution in [0.3, 0.4) is 0 Å². The topological polar surface area (TPSA) is 78.9 Å². The first-order valence-corrected chi connectivity index (χ1v) is 7.95. The second-order valence-electron chi connectivity index (χ2n) is 4.86. The summed E-state index contributed by atoms with van der Waals surface area (Å²) in [6.07, 6.45) is -0.356. The lowest BCUT2D eigenvalue weighted by atomic mass is 10.1. The third-order valence-electron chi connectivity index (χ3n) is 3.31. The third-order valence-corrected chi connectivity index (χ3v) is 4.16. The Bertz CT molecular complexity index is 570. The number of halogens is 2. The van der Waals surface area contributed by atoms with Crippen LogP contribution in [0.2, 0.25) is 5.02 Å². The minimum Gasteiger partial charge on any atom is -0.479 e. The van der Waals surface area contributed by atoms with Crippen LogP contribution in [0, 0.1) is 0 Å². The Hall–Kier alpha value is -1.31. The van der Waals surface area contributed by atoms with Crippen molar-refractivity contribution in [3.63, 3.8) is 0 Å². The quantitative estimate of drug-likeness (QED) is 0.824. The molecule has 2 amide bonds. The maximum absolute atomic E-state index is 12.0. The minimum absolute atomic E-state index is 0.0558. The molecule has 2 N–H and O–H groups in total. The van der Waals surface area contributed by atoms with E-state index < -0.39 is 12.1 Å². The lowest BCUT2D eigenvalue weighted by Gasteiger charge is -2.30. The first kappa shape index (κ1) is 17.1. The van der Waals surface area contributed by atoms with Crippen LogP contribution < -0.4 is 5.32 Å². The number of urea groups is 1. The number of carbonyl (C=O) groups excluding carboxylic acids is 1. The molecule has 120 valence electrons. The molecule has 0 spiro atoms. The van der Waals surface area contributed by atoms with Crippen molar-refractivity contribution >= 4 is 39.5 Å². The lowest BCUT2D eigenvalue weighted by molar-refractivity contribution is -0.154. The third kappa shape index (κ3) is 4.59. The molecule has 0 bridgehead atoms. The lowest BCUT2D eigenvalue weighted by Crippen LogP contribution is -2.52. The highest BCUT2D eigenvalue weighted by Gasteiger charge is 2.28. The average Bonchev–Trinajstić information content (AvgIpc) is 2.49. The fourth-order valence-corrected chi connectivity index (χ4v) is 2.89. The highest BCUT2D eigenvalue weighted by atomic mass is 79.9. The first-order valence-electron chi connectivity index (χ1n) is 6.78. The van der Waals surface area contributed by atoms with Crippen LogP contribution >= 0.6 is 27.5 Å². The summed E-state index contributed by atoms with van der Waals surface area (Å²) in [6, 6.07) is 5.30. The summed E-state index contributed by atoms with van der Waals surface area (Å²) < 4.78 is 5.98. The van der Waals surface area contributed by atoms with E-state index in [1.54, 1.807) is 6.07 Å². The van der Waals surface area contributed by atoms with Gasteiger partial charge in [-0.1, -0.05) is 33.6 Å². The van der Waals surface area contributed by atoms with Crippen LogP contribution in [0.4, 0.5) is 4.79 Å². The molecule has 1 heterocycles. The normalized spacial score (nSPS) is 18.1. The van der Waals surface area contributed by atoms with Crippen LogP contribution in [0.15, 0.2) is 22.7 Å². The summed E-state index contributed by atoms with van der Waals surface area (Å²) >= 11 is 9.45. The number of hydrogen-bond acceptors (Lipinski definition) is 3. The van der Waals surface area contributed by atoms with Gasteiger partial charge in [-0.2, -0.15) is 0 Å². The van der Waals surface area contributed by atoms with Crippen molar-refractivity contribution < 1.29 is 19.4 Å². The molecule has 1 aliphatic rings. The van der Waals surface area contributed by atoms with Crippen molar-refractivity contribution in [1.29, 1.82) is 0 Å². The summed E-state index contributed by atoms with van der Waals surface area (Å²) in [5, 5.41) is 12.3. The molecule has 0 aromatic heterocycles. The molecule has 8 heteroatoms. The Labute approximate surface area is 141 Å². The van der Waals surface area contributed by atoms with Crippen molar-refractivity contribution in [2.24, 2.45) is 0 Å². The maximum Gasteiger partial charge on any atom is 0.334 e. The molecule has 0 saturated carbocycles. The van der Waals surface area contributed by atoms with E-state index in [0.717, 1.165) is 10.0 Å². The Kier molecular flexibility index (Phi) is 6.05. The van der Waals surface area contributed by atoms with Crippen LogP contribution in [0.1, 0.15) is 5.56 Å². The molecule has 1 aromatic rings. The van der Waals surface area contributed by atoms with Crippen molar-refractivity contribution in [2.45, 2.75) is 12.5 Å². The van der Waals surface area contributed by atoms with E-state index in [4.69, 9.17) is 21.4 Å².